The molecule has 1 fully saturated rings. The fourth-order valence-corrected chi connectivity index (χ4v) is 3.77. The summed E-state index contributed by atoms with van der Waals surface area (Å²) in [5.74, 6) is 1.16. The number of sulfonamides is 1. The standard InChI is InChI=1S/C9H17NO4S2/c11-9(12)3-6-16(13,14)10-7-8-1-4-15-5-2-8/h8,10H,1-7H2,(H,11,12). The van der Waals surface area contributed by atoms with Crippen molar-refractivity contribution >= 4 is 27.8 Å². The molecule has 1 heterocycles. The van der Waals surface area contributed by atoms with E-state index in [0.717, 1.165) is 24.3 Å². The minimum absolute atomic E-state index is 0.330. The molecule has 0 aromatic heterocycles. The van der Waals surface area contributed by atoms with Crippen LogP contribution in [0.25, 0.3) is 0 Å². The van der Waals surface area contributed by atoms with E-state index in [1.165, 1.54) is 0 Å². The van der Waals surface area contributed by atoms with Gasteiger partial charge in [0, 0.05) is 6.54 Å². The summed E-state index contributed by atoms with van der Waals surface area (Å²) in [5, 5.41) is 8.40. The average molecular weight is 267 g/mol. The monoisotopic (exact) mass is 267 g/mol. The molecule has 0 aliphatic carbocycles. The van der Waals surface area contributed by atoms with Crippen molar-refractivity contribution in [3.8, 4) is 0 Å². The fraction of sp³-hybridized carbons (Fsp3) is 0.889. The molecule has 0 aromatic rings. The van der Waals surface area contributed by atoms with Gasteiger partial charge in [-0.1, -0.05) is 0 Å². The summed E-state index contributed by atoms with van der Waals surface area (Å²) in [4.78, 5) is 10.3. The van der Waals surface area contributed by atoms with Crippen molar-refractivity contribution in [2.24, 2.45) is 5.92 Å². The van der Waals surface area contributed by atoms with Crippen LogP contribution in [-0.2, 0) is 14.8 Å². The molecular formula is C9H17NO4S2. The highest BCUT2D eigenvalue weighted by atomic mass is 32.2. The van der Waals surface area contributed by atoms with Crippen LogP contribution in [-0.4, -0.2) is 43.3 Å². The Morgan fingerprint density at radius 3 is 2.56 bits per heavy atom. The van der Waals surface area contributed by atoms with Crippen LogP contribution < -0.4 is 4.72 Å². The van der Waals surface area contributed by atoms with Crippen LogP contribution in [0.2, 0.25) is 0 Å². The van der Waals surface area contributed by atoms with Crippen LogP contribution in [0.1, 0.15) is 19.3 Å². The third-order valence-corrected chi connectivity index (χ3v) is 4.91. The molecule has 2 N–H and O–H groups in total. The number of carboxylic acid groups (broad SMARTS) is 1. The zero-order valence-electron chi connectivity index (χ0n) is 9.02. The molecule has 1 rings (SSSR count). The van der Waals surface area contributed by atoms with E-state index in [9.17, 15) is 13.2 Å². The number of aliphatic carboxylic acids is 1. The van der Waals surface area contributed by atoms with Crippen LogP contribution in [0.3, 0.4) is 0 Å². The maximum Gasteiger partial charge on any atom is 0.304 e. The number of rotatable bonds is 6. The normalized spacial score (nSPS) is 18.5. The summed E-state index contributed by atoms with van der Waals surface area (Å²) in [6.07, 6.45) is 1.73. The van der Waals surface area contributed by atoms with E-state index in [2.05, 4.69) is 4.72 Å². The Bertz CT molecular complexity index is 322. The minimum Gasteiger partial charge on any atom is -0.481 e. The summed E-state index contributed by atoms with van der Waals surface area (Å²) in [7, 11) is -3.41. The molecule has 0 aromatic carbocycles. The molecule has 0 amide bonds. The topological polar surface area (TPSA) is 83.5 Å². The predicted octanol–water partition coefficient (Wildman–Crippen LogP) is 0.524. The maximum absolute atomic E-state index is 11.4. The minimum atomic E-state index is -3.41. The molecular weight excluding hydrogens is 250 g/mol. The Labute approximate surface area is 100 Å². The summed E-state index contributed by atoms with van der Waals surface area (Å²) >= 11 is 1.89. The lowest BCUT2D eigenvalue weighted by molar-refractivity contribution is -0.136. The van der Waals surface area contributed by atoms with Gasteiger partial charge in [0.2, 0.25) is 10.0 Å². The molecule has 0 spiro atoms. The van der Waals surface area contributed by atoms with E-state index in [4.69, 9.17) is 5.11 Å². The molecule has 5 nitrogen and oxygen atoms in total. The van der Waals surface area contributed by atoms with Crippen molar-refractivity contribution < 1.29 is 18.3 Å². The smallest absolute Gasteiger partial charge is 0.304 e. The first-order valence-electron chi connectivity index (χ1n) is 5.26. The number of hydrogen-bond donors (Lipinski definition) is 2. The first-order valence-corrected chi connectivity index (χ1v) is 8.07. The lowest BCUT2D eigenvalue weighted by Crippen LogP contribution is -2.33. The molecule has 0 radical (unpaired) electrons. The molecule has 1 aliphatic rings. The second-order valence-corrected chi connectivity index (χ2v) is 7.02. The van der Waals surface area contributed by atoms with Crippen LogP contribution in [0, 0.1) is 5.92 Å². The molecule has 1 saturated heterocycles. The third-order valence-electron chi connectivity index (χ3n) is 2.52. The highest BCUT2D eigenvalue weighted by Crippen LogP contribution is 2.21. The second-order valence-electron chi connectivity index (χ2n) is 3.87. The van der Waals surface area contributed by atoms with Gasteiger partial charge in [-0.05, 0) is 30.3 Å². The SMILES string of the molecule is O=C(O)CCS(=O)(=O)NCC1CCSCC1. The van der Waals surface area contributed by atoms with Crippen molar-refractivity contribution in [1.29, 1.82) is 0 Å². The van der Waals surface area contributed by atoms with Crippen molar-refractivity contribution in [2.45, 2.75) is 19.3 Å². The first kappa shape index (κ1) is 13.8. The van der Waals surface area contributed by atoms with Gasteiger partial charge >= 0.3 is 5.97 Å². The molecule has 7 heteroatoms. The first-order chi connectivity index (χ1) is 7.49. The van der Waals surface area contributed by atoms with E-state index in [1.807, 2.05) is 11.8 Å². The van der Waals surface area contributed by atoms with E-state index >= 15 is 0 Å². The summed E-state index contributed by atoms with van der Waals surface area (Å²) in [5.41, 5.74) is 0. The zero-order valence-corrected chi connectivity index (χ0v) is 10.6. The lowest BCUT2D eigenvalue weighted by atomic mass is 10.0. The highest BCUT2D eigenvalue weighted by Gasteiger charge is 2.17. The van der Waals surface area contributed by atoms with E-state index < -0.39 is 16.0 Å². The van der Waals surface area contributed by atoms with Gasteiger partial charge in [-0.25, -0.2) is 13.1 Å². The van der Waals surface area contributed by atoms with Crippen molar-refractivity contribution in [3.63, 3.8) is 0 Å². The van der Waals surface area contributed by atoms with E-state index in [-0.39, 0.29) is 12.2 Å². The van der Waals surface area contributed by atoms with Gasteiger partial charge in [-0.15, -0.1) is 0 Å². The van der Waals surface area contributed by atoms with Crippen LogP contribution in [0.15, 0.2) is 0 Å². The van der Waals surface area contributed by atoms with E-state index in [0.29, 0.717) is 12.5 Å². The van der Waals surface area contributed by atoms with Gasteiger partial charge in [0.1, 0.15) is 0 Å². The largest absolute Gasteiger partial charge is 0.481 e. The maximum atomic E-state index is 11.4. The van der Waals surface area contributed by atoms with Crippen LogP contribution in [0.5, 0.6) is 0 Å². The van der Waals surface area contributed by atoms with Gasteiger partial charge in [0.05, 0.1) is 12.2 Å². The quantitative estimate of drug-likeness (QED) is 0.733. The van der Waals surface area contributed by atoms with Crippen molar-refractivity contribution in [2.75, 3.05) is 23.8 Å². The molecule has 0 atom stereocenters. The number of carbonyl (C=O) groups is 1. The molecule has 1 aliphatic heterocycles. The Kier molecular flexibility index (Phi) is 5.57. The van der Waals surface area contributed by atoms with Gasteiger partial charge < -0.3 is 5.11 Å². The molecule has 94 valence electrons. The number of carboxylic acids is 1. The summed E-state index contributed by atoms with van der Waals surface area (Å²) in [6, 6.07) is 0. The molecule has 16 heavy (non-hydrogen) atoms. The second kappa shape index (κ2) is 6.46. The van der Waals surface area contributed by atoms with Gasteiger partial charge in [-0.2, -0.15) is 11.8 Å². The third kappa shape index (κ3) is 5.72. The Morgan fingerprint density at radius 2 is 2.00 bits per heavy atom. The lowest BCUT2D eigenvalue weighted by Gasteiger charge is -2.21. The van der Waals surface area contributed by atoms with E-state index in [1.54, 1.807) is 0 Å². The number of hydrogen-bond acceptors (Lipinski definition) is 4. The van der Waals surface area contributed by atoms with Gasteiger partial charge in [-0.3, -0.25) is 4.79 Å². The number of thioether (sulfide) groups is 1. The van der Waals surface area contributed by atoms with Crippen molar-refractivity contribution in [1.82, 2.24) is 4.72 Å². The average Bonchev–Trinajstić information content (AvgIpc) is 2.26. The molecule has 0 unspecified atom stereocenters. The Morgan fingerprint density at radius 1 is 1.38 bits per heavy atom. The van der Waals surface area contributed by atoms with Gasteiger partial charge in [0.15, 0.2) is 0 Å². The van der Waals surface area contributed by atoms with Crippen molar-refractivity contribution in [3.05, 3.63) is 0 Å². The Balaban J connectivity index is 2.26. The predicted molar refractivity (Wildman–Crippen MR) is 64.1 cm³/mol. The van der Waals surface area contributed by atoms with Crippen LogP contribution >= 0.6 is 11.8 Å². The van der Waals surface area contributed by atoms with Gasteiger partial charge in [0.25, 0.3) is 0 Å². The fourth-order valence-electron chi connectivity index (χ4n) is 1.49. The summed E-state index contributed by atoms with van der Waals surface area (Å²) in [6.45, 7) is 0.447. The summed E-state index contributed by atoms with van der Waals surface area (Å²) < 4.78 is 25.3. The van der Waals surface area contributed by atoms with Crippen LogP contribution in [0.4, 0.5) is 0 Å². The molecule has 0 bridgehead atoms. The Hall–Kier alpha value is -0.270. The zero-order chi connectivity index (χ0) is 12.0. The number of nitrogens with one attached hydrogen (secondary N) is 1. The highest BCUT2D eigenvalue weighted by molar-refractivity contribution is 7.99. The molecule has 0 saturated carbocycles.